The molecule has 0 aliphatic carbocycles. The molecule has 3 aromatic rings. The van der Waals surface area contributed by atoms with Gasteiger partial charge in [0.2, 0.25) is 6.79 Å². The number of hydrogen-bond acceptors (Lipinski definition) is 7. The lowest BCUT2D eigenvalue weighted by molar-refractivity contribution is 0.174. The lowest BCUT2D eigenvalue weighted by Gasteiger charge is -2.09. The molecule has 4 rings (SSSR count). The fourth-order valence-corrected chi connectivity index (χ4v) is 3.64. The van der Waals surface area contributed by atoms with Gasteiger partial charge in [-0.15, -0.1) is 11.3 Å². The third-order valence-electron chi connectivity index (χ3n) is 4.31. The number of methoxy groups -OCH3 is 2. The van der Waals surface area contributed by atoms with Crippen molar-refractivity contribution in [2.24, 2.45) is 0 Å². The van der Waals surface area contributed by atoms with Gasteiger partial charge >= 0.3 is 0 Å². The van der Waals surface area contributed by atoms with Crippen LogP contribution >= 0.6 is 11.3 Å². The molecule has 140 valence electrons. The summed E-state index contributed by atoms with van der Waals surface area (Å²) in [5, 5.41) is 6.31. The van der Waals surface area contributed by atoms with E-state index in [1.807, 2.05) is 41.8 Å². The van der Waals surface area contributed by atoms with Crippen LogP contribution in [0.3, 0.4) is 0 Å². The van der Waals surface area contributed by atoms with Gasteiger partial charge < -0.3 is 24.3 Å². The van der Waals surface area contributed by atoms with Crippen molar-refractivity contribution in [3.05, 3.63) is 47.3 Å². The van der Waals surface area contributed by atoms with E-state index in [0.29, 0.717) is 0 Å². The molecule has 1 aliphatic rings. The zero-order valence-corrected chi connectivity index (χ0v) is 16.0. The van der Waals surface area contributed by atoms with E-state index in [-0.39, 0.29) is 6.79 Å². The van der Waals surface area contributed by atoms with Gasteiger partial charge in [0.1, 0.15) is 0 Å². The van der Waals surface area contributed by atoms with Crippen LogP contribution in [-0.4, -0.2) is 32.5 Å². The Hall–Kier alpha value is -2.93. The number of aromatic nitrogens is 1. The highest BCUT2D eigenvalue weighted by molar-refractivity contribution is 7.14. The van der Waals surface area contributed by atoms with Crippen molar-refractivity contribution in [3.8, 4) is 34.3 Å². The Morgan fingerprint density at radius 2 is 1.89 bits per heavy atom. The van der Waals surface area contributed by atoms with Crippen molar-refractivity contribution >= 4 is 16.5 Å². The molecule has 0 saturated heterocycles. The van der Waals surface area contributed by atoms with Crippen molar-refractivity contribution in [3.63, 3.8) is 0 Å². The lowest BCUT2D eigenvalue weighted by Crippen LogP contribution is -2.05. The number of nitrogens with one attached hydrogen (secondary N) is 1. The summed E-state index contributed by atoms with van der Waals surface area (Å²) in [7, 11) is 3.28. The standard InChI is InChI=1S/C20H20N2O4S/c1-23-16-5-3-13(9-18(16)24-2)7-8-21-20-22-15(11-27-20)14-4-6-17-19(10-14)26-12-25-17/h3-6,9-11H,7-8,12H2,1-2H3,(H,21,22). The van der Waals surface area contributed by atoms with Crippen molar-refractivity contribution in [1.82, 2.24) is 4.98 Å². The molecular weight excluding hydrogens is 364 g/mol. The molecule has 1 aromatic heterocycles. The molecule has 6 nitrogen and oxygen atoms in total. The van der Waals surface area contributed by atoms with Crippen LogP contribution in [0, 0.1) is 0 Å². The maximum Gasteiger partial charge on any atom is 0.231 e. The molecule has 0 unspecified atom stereocenters. The first kappa shape index (κ1) is 17.5. The zero-order chi connectivity index (χ0) is 18.6. The number of thiazole rings is 1. The molecule has 2 heterocycles. The van der Waals surface area contributed by atoms with E-state index in [0.717, 1.165) is 52.4 Å². The van der Waals surface area contributed by atoms with Crippen LogP contribution in [0.2, 0.25) is 0 Å². The molecule has 1 N–H and O–H groups in total. The van der Waals surface area contributed by atoms with Crippen LogP contribution < -0.4 is 24.3 Å². The molecule has 0 bridgehead atoms. The zero-order valence-electron chi connectivity index (χ0n) is 15.2. The van der Waals surface area contributed by atoms with Crippen molar-refractivity contribution in [1.29, 1.82) is 0 Å². The quantitative estimate of drug-likeness (QED) is 0.658. The SMILES string of the molecule is COc1ccc(CCNc2nc(-c3ccc4c(c3)OCO4)cs2)cc1OC. The van der Waals surface area contributed by atoms with E-state index in [4.69, 9.17) is 18.9 Å². The molecule has 2 aromatic carbocycles. The molecule has 0 radical (unpaired) electrons. The fraction of sp³-hybridized carbons (Fsp3) is 0.250. The Morgan fingerprint density at radius 1 is 1.04 bits per heavy atom. The number of nitrogens with zero attached hydrogens (tertiary/aromatic N) is 1. The van der Waals surface area contributed by atoms with Gasteiger partial charge in [0, 0.05) is 17.5 Å². The molecule has 1 aliphatic heterocycles. The normalized spacial score (nSPS) is 12.1. The molecular formula is C20H20N2O4S. The number of fused-ring (bicyclic) bond motifs is 1. The summed E-state index contributed by atoms with van der Waals surface area (Å²) in [5.74, 6) is 3.03. The van der Waals surface area contributed by atoms with Crippen LogP contribution in [0.1, 0.15) is 5.56 Å². The minimum atomic E-state index is 0.277. The summed E-state index contributed by atoms with van der Waals surface area (Å²) in [6, 6.07) is 11.8. The van der Waals surface area contributed by atoms with Gasteiger partial charge in [0.05, 0.1) is 19.9 Å². The monoisotopic (exact) mass is 384 g/mol. The maximum absolute atomic E-state index is 5.44. The van der Waals surface area contributed by atoms with Gasteiger partial charge in [-0.05, 0) is 42.3 Å². The minimum Gasteiger partial charge on any atom is -0.493 e. The molecule has 27 heavy (non-hydrogen) atoms. The second-order valence-electron chi connectivity index (χ2n) is 5.97. The van der Waals surface area contributed by atoms with Crippen molar-refractivity contribution in [2.75, 3.05) is 32.9 Å². The van der Waals surface area contributed by atoms with E-state index >= 15 is 0 Å². The largest absolute Gasteiger partial charge is 0.493 e. The third-order valence-corrected chi connectivity index (χ3v) is 5.11. The number of benzene rings is 2. The molecule has 0 amide bonds. The van der Waals surface area contributed by atoms with E-state index in [9.17, 15) is 0 Å². The van der Waals surface area contributed by atoms with Gasteiger partial charge in [-0.3, -0.25) is 0 Å². The van der Waals surface area contributed by atoms with E-state index in [2.05, 4.69) is 10.3 Å². The van der Waals surface area contributed by atoms with Crippen molar-refractivity contribution in [2.45, 2.75) is 6.42 Å². The molecule has 0 saturated carbocycles. The highest BCUT2D eigenvalue weighted by Crippen LogP contribution is 2.36. The van der Waals surface area contributed by atoms with Gasteiger partial charge in [0.15, 0.2) is 28.1 Å². The Balaban J connectivity index is 1.37. The second kappa shape index (κ2) is 7.75. The van der Waals surface area contributed by atoms with E-state index in [1.54, 1.807) is 25.6 Å². The number of anilines is 1. The van der Waals surface area contributed by atoms with Gasteiger partial charge in [0.25, 0.3) is 0 Å². The average Bonchev–Trinajstić information content (AvgIpc) is 3.36. The Bertz CT molecular complexity index is 941. The van der Waals surface area contributed by atoms with Crippen LogP contribution in [0.5, 0.6) is 23.0 Å². The van der Waals surface area contributed by atoms with Crippen LogP contribution in [-0.2, 0) is 6.42 Å². The number of hydrogen-bond donors (Lipinski definition) is 1. The number of ether oxygens (including phenoxy) is 4. The summed E-state index contributed by atoms with van der Waals surface area (Å²) in [4.78, 5) is 4.66. The van der Waals surface area contributed by atoms with Crippen LogP contribution in [0.25, 0.3) is 11.3 Å². The molecule has 0 spiro atoms. The summed E-state index contributed by atoms with van der Waals surface area (Å²) >= 11 is 1.59. The van der Waals surface area contributed by atoms with E-state index < -0.39 is 0 Å². The Morgan fingerprint density at radius 3 is 2.74 bits per heavy atom. The van der Waals surface area contributed by atoms with Gasteiger partial charge in [-0.1, -0.05) is 6.07 Å². The summed E-state index contributed by atoms with van der Waals surface area (Å²) in [5.41, 5.74) is 3.11. The first-order valence-electron chi connectivity index (χ1n) is 8.57. The first-order chi connectivity index (χ1) is 13.3. The van der Waals surface area contributed by atoms with Gasteiger partial charge in [-0.25, -0.2) is 4.98 Å². The predicted molar refractivity (Wildman–Crippen MR) is 105 cm³/mol. The highest BCUT2D eigenvalue weighted by atomic mass is 32.1. The minimum absolute atomic E-state index is 0.277. The summed E-state index contributed by atoms with van der Waals surface area (Å²) in [6.45, 7) is 1.06. The molecule has 7 heteroatoms. The second-order valence-corrected chi connectivity index (χ2v) is 6.83. The highest BCUT2D eigenvalue weighted by Gasteiger charge is 2.15. The van der Waals surface area contributed by atoms with Crippen LogP contribution in [0.4, 0.5) is 5.13 Å². The summed E-state index contributed by atoms with van der Waals surface area (Å²) in [6.07, 6.45) is 0.860. The van der Waals surface area contributed by atoms with Crippen LogP contribution in [0.15, 0.2) is 41.8 Å². The van der Waals surface area contributed by atoms with E-state index in [1.165, 1.54) is 5.56 Å². The van der Waals surface area contributed by atoms with Crippen molar-refractivity contribution < 1.29 is 18.9 Å². The fourth-order valence-electron chi connectivity index (χ4n) is 2.89. The Kier molecular flexibility index (Phi) is 5.02. The third kappa shape index (κ3) is 3.78. The maximum atomic E-state index is 5.44. The van der Waals surface area contributed by atoms with Gasteiger partial charge in [-0.2, -0.15) is 0 Å². The molecule has 0 fully saturated rings. The average molecular weight is 384 g/mol. The first-order valence-corrected chi connectivity index (χ1v) is 9.45. The molecule has 0 atom stereocenters. The Labute approximate surface area is 161 Å². The number of rotatable bonds is 7. The smallest absolute Gasteiger partial charge is 0.231 e. The topological polar surface area (TPSA) is 61.8 Å². The summed E-state index contributed by atoms with van der Waals surface area (Å²) < 4.78 is 21.4. The predicted octanol–water partition coefficient (Wildman–Crippen LogP) is 4.21. The lowest BCUT2D eigenvalue weighted by atomic mass is 10.1.